The molecule has 0 spiro atoms. The fourth-order valence-electron chi connectivity index (χ4n) is 3.63. The third-order valence-electron chi connectivity index (χ3n) is 5.46. The van der Waals surface area contributed by atoms with Gasteiger partial charge in [0.05, 0.1) is 19.4 Å². The number of hydrogen-bond acceptors (Lipinski definition) is 5. The first-order valence-electron chi connectivity index (χ1n) is 10.4. The second-order valence-corrected chi connectivity index (χ2v) is 8.39. The normalized spacial score (nSPS) is 21.6. The van der Waals surface area contributed by atoms with Crippen LogP contribution in [0.5, 0.6) is 5.75 Å². The van der Waals surface area contributed by atoms with E-state index >= 15 is 0 Å². The molecule has 2 unspecified atom stereocenters. The number of hydrogen-bond donors (Lipinski definition) is 2. The summed E-state index contributed by atoms with van der Waals surface area (Å²) >= 11 is 6.20. The van der Waals surface area contributed by atoms with E-state index in [0.717, 1.165) is 57.1 Å². The second-order valence-electron chi connectivity index (χ2n) is 7.96. The SMILES string of the molecule is COc1ccc(Cl)cc1N1CCC(NC(=NCC(=O)N(C)C)NCC2CCOC2)C1. The molecule has 1 aromatic carbocycles. The number of likely N-dealkylation sites (N-methyl/N-ethyl adjacent to an activating group) is 1. The highest BCUT2D eigenvalue weighted by Crippen LogP contribution is 2.33. The fourth-order valence-corrected chi connectivity index (χ4v) is 3.79. The quantitative estimate of drug-likeness (QED) is 0.498. The van der Waals surface area contributed by atoms with Crippen molar-refractivity contribution < 1.29 is 14.3 Å². The van der Waals surface area contributed by atoms with Crippen molar-refractivity contribution in [1.82, 2.24) is 15.5 Å². The van der Waals surface area contributed by atoms with Gasteiger partial charge in [0, 0.05) is 57.3 Å². The minimum absolute atomic E-state index is 0.0305. The number of halogens is 1. The zero-order valence-electron chi connectivity index (χ0n) is 18.0. The average molecular weight is 438 g/mol. The van der Waals surface area contributed by atoms with E-state index in [9.17, 15) is 4.79 Å². The van der Waals surface area contributed by atoms with E-state index in [1.807, 2.05) is 18.2 Å². The highest BCUT2D eigenvalue weighted by atomic mass is 35.5. The van der Waals surface area contributed by atoms with Gasteiger partial charge in [0.15, 0.2) is 5.96 Å². The first kappa shape index (κ1) is 22.5. The molecule has 2 aliphatic rings. The molecule has 2 saturated heterocycles. The summed E-state index contributed by atoms with van der Waals surface area (Å²) in [5.74, 6) is 1.92. The minimum Gasteiger partial charge on any atom is -0.495 e. The number of rotatable bonds is 7. The van der Waals surface area contributed by atoms with Crippen molar-refractivity contribution in [3.8, 4) is 5.75 Å². The topological polar surface area (TPSA) is 78.4 Å². The van der Waals surface area contributed by atoms with Crippen LogP contribution < -0.4 is 20.3 Å². The van der Waals surface area contributed by atoms with Crippen molar-refractivity contribution >= 4 is 29.2 Å². The lowest BCUT2D eigenvalue weighted by Gasteiger charge is -2.23. The summed E-state index contributed by atoms with van der Waals surface area (Å²) in [4.78, 5) is 20.3. The average Bonchev–Trinajstić information content (AvgIpc) is 3.41. The van der Waals surface area contributed by atoms with Crippen molar-refractivity contribution in [3.63, 3.8) is 0 Å². The molecule has 0 aliphatic carbocycles. The van der Waals surface area contributed by atoms with Gasteiger partial charge in [-0.2, -0.15) is 0 Å². The van der Waals surface area contributed by atoms with E-state index in [2.05, 4.69) is 20.5 Å². The monoisotopic (exact) mass is 437 g/mol. The highest BCUT2D eigenvalue weighted by Gasteiger charge is 2.26. The van der Waals surface area contributed by atoms with Gasteiger partial charge in [-0.1, -0.05) is 11.6 Å². The summed E-state index contributed by atoms with van der Waals surface area (Å²) in [5, 5.41) is 7.58. The maximum Gasteiger partial charge on any atom is 0.243 e. The number of amides is 1. The van der Waals surface area contributed by atoms with E-state index in [1.165, 1.54) is 0 Å². The van der Waals surface area contributed by atoms with Crippen molar-refractivity contribution in [2.24, 2.45) is 10.9 Å². The molecule has 0 aromatic heterocycles. The van der Waals surface area contributed by atoms with Crippen LogP contribution in [0, 0.1) is 5.92 Å². The predicted octanol–water partition coefficient (Wildman–Crippen LogP) is 1.59. The molecule has 9 heteroatoms. The summed E-state index contributed by atoms with van der Waals surface area (Å²) in [6.07, 6.45) is 1.99. The lowest BCUT2D eigenvalue weighted by molar-refractivity contribution is -0.127. The molecule has 8 nitrogen and oxygen atoms in total. The molecule has 2 aliphatic heterocycles. The zero-order chi connectivity index (χ0) is 21.5. The molecular weight excluding hydrogens is 406 g/mol. The molecule has 0 bridgehead atoms. The van der Waals surface area contributed by atoms with Gasteiger partial charge in [-0.25, -0.2) is 4.99 Å². The number of ether oxygens (including phenoxy) is 2. The summed E-state index contributed by atoms with van der Waals surface area (Å²) in [5.41, 5.74) is 0.992. The number of carbonyl (C=O) groups excluding carboxylic acids is 1. The Morgan fingerprint density at radius 2 is 2.23 bits per heavy atom. The molecular formula is C21H32ClN5O3. The lowest BCUT2D eigenvalue weighted by atomic mass is 10.1. The van der Waals surface area contributed by atoms with Gasteiger partial charge in [0.25, 0.3) is 0 Å². The number of methoxy groups -OCH3 is 1. The summed E-state index contributed by atoms with van der Waals surface area (Å²) < 4.78 is 11.0. The largest absolute Gasteiger partial charge is 0.495 e. The molecule has 30 heavy (non-hydrogen) atoms. The number of guanidine groups is 1. The van der Waals surface area contributed by atoms with Gasteiger partial charge in [-0.15, -0.1) is 0 Å². The Labute approximate surface area is 183 Å². The van der Waals surface area contributed by atoms with E-state index in [4.69, 9.17) is 21.1 Å². The van der Waals surface area contributed by atoms with E-state index in [-0.39, 0.29) is 18.5 Å². The van der Waals surface area contributed by atoms with E-state index in [1.54, 1.807) is 26.1 Å². The van der Waals surface area contributed by atoms with Crippen LogP contribution in [0.25, 0.3) is 0 Å². The van der Waals surface area contributed by atoms with Crippen LogP contribution >= 0.6 is 11.6 Å². The Kier molecular flexibility index (Phi) is 8.04. The molecule has 1 aromatic rings. The maximum absolute atomic E-state index is 12.0. The molecule has 166 valence electrons. The first-order valence-corrected chi connectivity index (χ1v) is 10.7. The zero-order valence-corrected chi connectivity index (χ0v) is 18.7. The smallest absolute Gasteiger partial charge is 0.243 e. The molecule has 0 saturated carbocycles. The predicted molar refractivity (Wildman–Crippen MR) is 120 cm³/mol. The van der Waals surface area contributed by atoms with Crippen LogP contribution in [0.3, 0.4) is 0 Å². The summed E-state index contributed by atoms with van der Waals surface area (Å²) in [6, 6.07) is 5.86. The van der Waals surface area contributed by atoms with Crippen LogP contribution in [0.2, 0.25) is 5.02 Å². The third-order valence-corrected chi connectivity index (χ3v) is 5.70. The van der Waals surface area contributed by atoms with Crippen molar-refractivity contribution in [1.29, 1.82) is 0 Å². The third kappa shape index (κ3) is 6.15. The number of nitrogens with one attached hydrogen (secondary N) is 2. The number of carbonyl (C=O) groups is 1. The van der Waals surface area contributed by atoms with Crippen LogP contribution in [-0.2, 0) is 9.53 Å². The minimum atomic E-state index is -0.0305. The molecule has 2 fully saturated rings. The Hall–Kier alpha value is -2.19. The van der Waals surface area contributed by atoms with Crippen molar-refractivity contribution in [2.75, 3.05) is 65.5 Å². The first-order chi connectivity index (χ1) is 14.5. The van der Waals surface area contributed by atoms with Crippen LogP contribution in [0.15, 0.2) is 23.2 Å². The van der Waals surface area contributed by atoms with E-state index in [0.29, 0.717) is 16.9 Å². The van der Waals surface area contributed by atoms with Crippen LogP contribution in [0.4, 0.5) is 5.69 Å². The van der Waals surface area contributed by atoms with Crippen molar-refractivity contribution in [2.45, 2.75) is 18.9 Å². The lowest BCUT2D eigenvalue weighted by Crippen LogP contribution is -2.46. The summed E-state index contributed by atoms with van der Waals surface area (Å²) in [6.45, 7) is 4.15. The molecule has 2 atom stereocenters. The van der Waals surface area contributed by atoms with Gasteiger partial charge in [-0.3, -0.25) is 4.79 Å². The van der Waals surface area contributed by atoms with Gasteiger partial charge in [0.1, 0.15) is 12.3 Å². The number of benzene rings is 1. The van der Waals surface area contributed by atoms with Crippen LogP contribution in [0.1, 0.15) is 12.8 Å². The number of aliphatic imine (C=N–C) groups is 1. The molecule has 2 heterocycles. The Morgan fingerprint density at radius 1 is 1.40 bits per heavy atom. The Bertz CT molecular complexity index is 752. The van der Waals surface area contributed by atoms with Gasteiger partial charge >= 0.3 is 0 Å². The van der Waals surface area contributed by atoms with Gasteiger partial charge in [0.2, 0.25) is 5.91 Å². The van der Waals surface area contributed by atoms with Gasteiger partial charge < -0.3 is 29.9 Å². The summed E-state index contributed by atoms with van der Waals surface area (Å²) in [7, 11) is 5.14. The molecule has 2 N–H and O–H groups in total. The fraction of sp³-hybridized carbons (Fsp3) is 0.619. The standard InChI is InChI=1S/C21H32ClN5O3/c1-26(2)20(28)12-24-21(23-11-15-7-9-30-14-15)25-17-6-8-27(13-17)18-10-16(22)4-5-19(18)29-3/h4-5,10,15,17H,6-9,11-14H2,1-3H3,(H2,23,24,25). The highest BCUT2D eigenvalue weighted by molar-refractivity contribution is 6.30. The maximum atomic E-state index is 12.0. The number of nitrogens with zero attached hydrogens (tertiary/aromatic N) is 3. The molecule has 1 amide bonds. The second kappa shape index (κ2) is 10.7. The number of anilines is 1. The van der Waals surface area contributed by atoms with Gasteiger partial charge in [-0.05, 0) is 31.0 Å². The van der Waals surface area contributed by atoms with E-state index < -0.39 is 0 Å². The molecule has 0 radical (unpaired) electrons. The Balaban J connectivity index is 1.62. The Morgan fingerprint density at radius 3 is 2.93 bits per heavy atom. The molecule has 3 rings (SSSR count). The van der Waals surface area contributed by atoms with Crippen LogP contribution in [-0.4, -0.2) is 83.4 Å². The van der Waals surface area contributed by atoms with Crippen molar-refractivity contribution in [3.05, 3.63) is 23.2 Å².